The van der Waals surface area contributed by atoms with E-state index in [1.807, 2.05) is 20.8 Å². The van der Waals surface area contributed by atoms with Crippen LogP contribution in [0.2, 0.25) is 0 Å². The van der Waals surface area contributed by atoms with Gasteiger partial charge in [-0.25, -0.2) is 0 Å². The molecule has 1 unspecified atom stereocenters. The lowest BCUT2D eigenvalue weighted by atomic mass is 10.0. The van der Waals surface area contributed by atoms with Crippen molar-refractivity contribution in [1.29, 1.82) is 0 Å². The number of nitrogens with one attached hydrogen (secondary N) is 6. The summed E-state index contributed by atoms with van der Waals surface area (Å²) in [6.45, 7) is 9.39. The molecule has 8 amide bonds. The molecule has 1 heterocycles. The third kappa shape index (κ3) is 31.4. The van der Waals surface area contributed by atoms with Crippen LogP contribution in [0.5, 0.6) is 0 Å². The van der Waals surface area contributed by atoms with Gasteiger partial charge in [-0.05, 0) is 64.3 Å². The number of likely N-dealkylation sites (N-methyl/N-ethyl adjacent to an activating group) is 1. The van der Waals surface area contributed by atoms with Crippen LogP contribution >= 0.6 is 11.8 Å². The van der Waals surface area contributed by atoms with Crippen molar-refractivity contribution in [3.63, 3.8) is 0 Å². The molecule has 0 saturated carbocycles. The number of Topliss-reactive ketones (excluding diaryl/α,β-unsaturated/α-hetero) is 1. The van der Waals surface area contributed by atoms with E-state index in [0.29, 0.717) is 45.1 Å². The van der Waals surface area contributed by atoms with Crippen LogP contribution in [-0.4, -0.2) is 200 Å². The first-order valence-corrected chi connectivity index (χ1v) is 26.7. The maximum absolute atomic E-state index is 13.0. The van der Waals surface area contributed by atoms with Gasteiger partial charge in [0.15, 0.2) is 5.78 Å². The van der Waals surface area contributed by atoms with Gasteiger partial charge in [0.1, 0.15) is 12.1 Å². The van der Waals surface area contributed by atoms with Crippen LogP contribution in [0.4, 0.5) is 0 Å². The fourth-order valence-corrected chi connectivity index (χ4v) is 8.46. The molecule has 1 saturated heterocycles. The summed E-state index contributed by atoms with van der Waals surface area (Å²) in [6.07, 6.45) is 2.22. The van der Waals surface area contributed by atoms with Gasteiger partial charge in [-0.3, -0.25) is 57.6 Å². The average molecular weight is 1090 g/mol. The second-order valence-electron chi connectivity index (χ2n) is 18.1. The van der Waals surface area contributed by atoms with Crippen LogP contribution in [0, 0.1) is 5.92 Å². The zero-order valence-electron chi connectivity index (χ0n) is 44.0. The average Bonchev–Trinajstić information content (AvgIpc) is 3.62. The third-order valence-electron chi connectivity index (χ3n) is 11.4. The zero-order chi connectivity index (χ0) is 56.1. The van der Waals surface area contributed by atoms with E-state index >= 15 is 0 Å². The Labute approximate surface area is 443 Å². The largest absolute Gasteiger partial charge is 0.481 e. The number of carbonyl (C=O) groups excluding carboxylic acids is 9. The normalized spacial score (nSPS) is 15.4. The SMILES string of the molecule is CCN[C@@H](CCCCNC(=O)[C@H](CCC(=O)O)NC(=O)CCOCCOCCOCCOCCNC(=O)[C@H](CCC(=O)O)NC(=O)[C@@H](N)CSC1CC(=O)N(CCCCCC(=O)N[C@H](C(C)=O)C(C)C)C1=O)C(N)=O. The molecule has 1 fully saturated rings. The molecule has 1 rings (SSSR count). The van der Waals surface area contributed by atoms with Crippen LogP contribution in [0.3, 0.4) is 0 Å². The Morgan fingerprint density at radius 3 is 1.75 bits per heavy atom. The van der Waals surface area contributed by atoms with E-state index in [0.717, 1.165) is 16.7 Å². The molecule has 0 radical (unpaired) electrons. The van der Waals surface area contributed by atoms with Gasteiger partial charge in [-0.15, -0.1) is 11.8 Å². The lowest BCUT2D eigenvalue weighted by Gasteiger charge is -2.21. The molecule has 27 heteroatoms. The third-order valence-corrected chi connectivity index (χ3v) is 12.8. The minimum Gasteiger partial charge on any atom is -0.481 e. The number of amides is 8. The maximum Gasteiger partial charge on any atom is 0.303 e. The van der Waals surface area contributed by atoms with Crippen LogP contribution in [0.1, 0.15) is 111 Å². The number of thioether (sulfide) groups is 1. The van der Waals surface area contributed by atoms with Gasteiger partial charge in [-0.2, -0.15) is 0 Å². The first kappa shape index (κ1) is 67.7. The van der Waals surface area contributed by atoms with Gasteiger partial charge in [-0.1, -0.05) is 27.2 Å². The molecule has 0 aromatic carbocycles. The topological polar surface area (TPSA) is 393 Å². The summed E-state index contributed by atoms with van der Waals surface area (Å²) in [7, 11) is 0. The highest BCUT2D eigenvalue weighted by molar-refractivity contribution is 8.00. The lowest BCUT2D eigenvalue weighted by molar-refractivity contribution is -0.139. The van der Waals surface area contributed by atoms with Crippen molar-refractivity contribution in [3.8, 4) is 0 Å². The van der Waals surface area contributed by atoms with Crippen molar-refractivity contribution in [2.45, 2.75) is 147 Å². The van der Waals surface area contributed by atoms with Gasteiger partial charge in [0.25, 0.3) is 0 Å². The highest BCUT2D eigenvalue weighted by Crippen LogP contribution is 2.26. The first-order chi connectivity index (χ1) is 35.7. The first-order valence-electron chi connectivity index (χ1n) is 25.6. The van der Waals surface area contributed by atoms with Gasteiger partial charge >= 0.3 is 11.9 Å². The van der Waals surface area contributed by atoms with Gasteiger partial charge in [0.05, 0.1) is 76.2 Å². The molecule has 0 aliphatic carbocycles. The highest BCUT2D eigenvalue weighted by atomic mass is 32.2. The number of unbranched alkanes of at least 4 members (excludes halogenated alkanes) is 3. The van der Waals surface area contributed by atoms with E-state index in [4.69, 9.17) is 35.5 Å². The van der Waals surface area contributed by atoms with Crippen molar-refractivity contribution in [2.24, 2.45) is 17.4 Å². The predicted octanol–water partition coefficient (Wildman–Crippen LogP) is -1.51. The number of imide groups is 1. The number of carboxylic acids is 2. The van der Waals surface area contributed by atoms with Crippen molar-refractivity contribution < 1.29 is 81.9 Å². The second kappa shape index (κ2) is 40.0. The van der Waals surface area contributed by atoms with Crippen molar-refractivity contribution in [1.82, 2.24) is 36.8 Å². The minimum absolute atomic E-state index is 0.0318. The number of hydrogen-bond acceptors (Lipinski definition) is 18. The quantitative estimate of drug-likeness (QED) is 0.0245. The van der Waals surface area contributed by atoms with Crippen molar-refractivity contribution in [3.05, 3.63) is 0 Å². The van der Waals surface area contributed by atoms with E-state index in [1.54, 1.807) is 0 Å². The van der Waals surface area contributed by atoms with Crippen LogP contribution in [0.25, 0.3) is 0 Å². The van der Waals surface area contributed by atoms with Crippen LogP contribution in [-0.2, 0) is 71.7 Å². The Hall–Kier alpha value is -5.32. The number of rotatable bonds is 46. The van der Waals surface area contributed by atoms with Gasteiger partial charge < -0.3 is 72.5 Å². The lowest BCUT2D eigenvalue weighted by Crippen LogP contribution is -2.52. The Kier molecular flexibility index (Phi) is 36.1. The zero-order valence-corrected chi connectivity index (χ0v) is 44.8. The summed E-state index contributed by atoms with van der Waals surface area (Å²) in [5, 5.41) is 33.6. The van der Waals surface area contributed by atoms with E-state index in [2.05, 4.69) is 31.9 Å². The molecule has 12 N–H and O–H groups in total. The second-order valence-corrected chi connectivity index (χ2v) is 19.3. The Morgan fingerprint density at radius 1 is 0.653 bits per heavy atom. The molecule has 1 aliphatic rings. The number of ketones is 1. The summed E-state index contributed by atoms with van der Waals surface area (Å²) in [4.78, 5) is 136. The van der Waals surface area contributed by atoms with Crippen LogP contribution < -0.4 is 43.4 Å². The molecule has 75 heavy (non-hydrogen) atoms. The summed E-state index contributed by atoms with van der Waals surface area (Å²) < 4.78 is 21.8. The maximum atomic E-state index is 13.0. The number of hydrogen-bond donors (Lipinski definition) is 10. The summed E-state index contributed by atoms with van der Waals surface area (Å²) >= 11 is 1.04. The number of ether oxygens (including phenoxy) is 4. The van der Waals surface area contributed by atoms with E-state index in [9.17, 15) is 57.8 Å². The standard InChI is InChI=1S/C48H83N9O17S/c1-5-51-34(44(50)66)11-8-9-18-52-46(68)35(13-15-41(62)63)54-39(60)17-21-71-23-25-73-27-28-74-26-24-72-22-19-53-47(69)36(14-16-42(64)65)55-45(67)33(49)30-75-37-29-40(61)57(48(37)70)20-10-6-7-12-38(59)56-43(31(2)3)32(4)58/h31,33-37,43,51H,5-30,49H2,1-4H3,(H2,50,66)(H,52,68)(H,53,69)(H,54,60)(H,55,67)(H,56,59)(H,62,63)(H,64,65)/t33-,34-,35-,36-,37?,43-/m0/s1. The Morgan fingerprint density at radius 2 is 1.20 bits per heavy atom. The number of likely N-dealkylation sites (tertiary alicyclic amines) is 1. The molecule has 0 aromatic rings. The van der Waals surface area contributed by atoms with E-state index < -0.39 is 89.3 Å². The highest BCUT2D eigenvalue weighted by Gasteiger charge is 2.39. The smallest absolute Gasteiger partial charge is 0.303 e. The van der Waals surface area contributed by atoms with E-state index in [1.165, 1.54) is 6.92 Å². The number of primary amides is 1. The molecule has 1 aliphatic heterocycles. The predicted molar refractivity (Wildman–Crippen MR) is 273 cm³/mol. The number of nitrogens with two attached hydrogens (primary N) is 2. The molecule has 0 spiro atoms. The molecule has 6 atom stereocenters. The monoisotopic (exact) mass is 1090 g/mol. The van der Waals surface area contributed by atoms with E-state index in [-0.39, 0.29) is 140 Å². The molecule has 0 bridgehead atoms. The number of carboxylic acid groups (broad SMARTS) is 2. The van der Waals surface area contributed by atoms with Crippen molar-refractivity contribution in [2.75, 3.05) is 84.8 Å². The number of nitrogens with zero attached hydrogens (tertiary/aromatic N) is 1. The van der Waals surface area contributed by atoms with Gasteiger partial charge in [0, 0.05) is 57.5 Å². The fraction of sp³-hybridized carbons (Fsp3) is 0.771. The Balaban J connectivity index is 2.28. The summed E-state index contributed by atoms with van der Waals surface area (Å²) in [5.41, 5.74) is 11.5. The molecular formula is C48H83N9O17S. The summed E-state index contributed by atoms with van der Waals surface area (Å²) in [6, 6.07) is -4.48. The molecule has 428 valence electrons. The number of carbonyl (C=O) groups is 11. The van der Waals surface area contributed by atoms with Crippen molar-refractivity contribution >= 4 is 76.7 Å². The molecule has 0 aromatic heterocycles. The summed E-state index contributed by atoms with van der Waals surface area (Å²) in [5.74, 6) is -6.38. The number of aliphatic carboxylic acids is 2. The fourth-order valence-electron chi connectivity index (χ4n) is 7.34. The van der Waals surface area contributed by atoms with Gasteiger partial charge in [0.2, 0.25) is 47.3 Å². The Bertz CT molecular complexity index is 1830. The molecular weight excluding hydrogens is 1010 g/mol. The molecule has 26 nitrogen and oxygen atoms in total. The minimum atomic E-state index is -1.23. The van der Waals surface area contributed by atoms with Crippen LogP contribution in [0.15, 0.2) is 0 Å².